The van der Waals surface area contributed by atoms with Gasteiger partial charge in [0.15, 0.2) is 5.01 Å². The first kappa shape index (κ1) is 16.2. The number of rotatable bonds is 3. The van der Waals surface area contributed by atoms with Crippen LogP contribution in [0.2, 0.25) is 0 Å². The zero-order chi connectivity index (χ0) is 17.9. The van der Waals surface area contributed by atoms with Crippen molar-refractivity contribution in [3.8, 4) is 0 Å². The summed E-state index contributed by atoms with van der Waals surface area (Å²) in [4.78, 5) is 30.0. The minimum atomic E-state index is -0.403. The standard InChI is InChI=1S/C20H22N2O3S/c1-25-18(24)19-7-12-6-13(8-19)10-20(9-12,11-19)22-16(23)17-21-14-4-2-3-5-15(14)26-17/h2-5,12-13H,6-11H2,1H3,(H,22,23)/t12-,13-,19?,20?/m1/s1. The van der Waals surface area contributed by atoms with Crippen LogP contribution in [0.3, 0.4) is 0 Å². The third-order valence-corrected chi connectivity index (χ3v) is 7.58. The van der Waals surface area contributed by atoms with Gasteiger partial charge in [0.05, 0.1) is 22.7 Å². The van der Waals surface area contributed by atoms with Crippen LogP contribution in [0.4, 0.5) is 0 Å². The topological polar surface area (TPSA) is 68.3 Å². The van der Waals surface area contributed by atoms with Gasteiger partial charge in [-0.1, -0.05) is 12.1 Å². The Morgan fingerprint density at radius 1 is 1.19 bits per heavy atom. The molecule has 0 spiro atoms. The van der Waals surface area contributed by atoms with Crippen molar-refractivity contribution < 1.29 is 14.3 Å². The maximum atomic E-state index is 13.0. The van der Waals surface area contributed by atoms with E-state index in [0.29, 0.717) is 23.3 Å². The molecule has 136 valence electrons. The zero-order valence-electron chi connectivity index (χ0n) is 14.8. The third-order valence-electron chi connectivity index (χ3n) is 6.55. The fraction of sp³-hybridized carbons (Fsp3) is 0.550. The summed E-state index contributed by atoms with van der Waals surface area (Å²) in [6, 6.07) is 7.81. The molecule has 4 aliphatic carbocycles. The van der Waals surface area contributed by atoms with Crippen molar-refractivity contribution in [1.82, 2.24) is 10.3 Å². The number of ether oxygens (including phenoxy) is 1. The predicted molar refractivity (Wildman–Crippen MR) is 98.9 cm³/mol. The smallest absolute Gasteiger partial charge is 0.311 e. The number of benzene rings is 1. The molecule has 26 heavy (non-hydrogen) atoms. The van der Waals surface area contributed by atoms with Crippen molar-refractivity contribution in [2.75, 3.05) is 7.11 Å². The number of amides is 1. The maximum Gasteiger partial charge on any atom is 0.311 e. The first-order valence-electron chi connectivity index (χ1n) is 9.27. The minimum absolute atomic E-state index is 0.0924. The van der Waals surface area contributed by atoms with Crippen molar-refractivity contribution in [2.24, 2.45) is 17.3 Å². The molecule has 0 radical (unpaired) electrons. The molecule has 1 aromatic carbocycles. The molecule has 0 aliphatic heterocycles. The van der Waals surface area contributed by atoms with E-state index in [2.05, 4.69) is 10.3 Å². The highest BCUT2D eigenvalue weighted by Gasteiger charge is 2.61. The lowest BCUT2D eigenvalue weighted by atomic mass is 9.47. The van der Waals surface area contributed by atoms with Gasteiger partial charge in [0, 0.05) is 5.54 Å². The second-order valence-corrected chi connectivity index (χ2v) is 9.48. The Kier molecular flexibility index (Phi) is 3.45. The van der Waals surface area contributed by atoms with Crippen LogP contribution in [0.5, 0.6) is 0 Å². The number of hydrogen-bond donors (Lipinski definition) is 1. The van der Waals surface area contributed by atoms with Gasteiger partial charge >= 0.3 is 5.97 Å². The van der Waals surface area contributed by atoms with E-state index < -0.39 is 5.41 Å². The van der Waals surface area contributed by atoms with Gasteiger partial charge < -0.3 is 10.1 Å². The summed E-state index contributed by atoms with van der Waals surface area (Å²) >= 11 is 1.43. The molecule has 6 heteroatoms. The fourth-order valence-electron chi connectivity index (χ4n) is 6.13. The number of para-hydroxylation sites is 1. The van der Waals surface area contributed by atoms with Crippen LogP contribution in [-0.4, -0.2) is 29.5 Å². The van der Waals surface area contributed by atoms with Gasteiger partial charge in [-0.2, -0.15) is 0 Å². The number of fused-ring (bicyclic) bond motifs is 1. The Hall–Kier alpha value is -1.95. The van der Waals surface area contributed by atoms with E-state index in [1.807, 2.05) is 24.3 Å². The molecular weight excluding hydrogens is 348 g/mol. The SMILES string of the molecule is COC(=O)C12C[C@H]3C[C@@H](CC(NC(=O)c4nc5ccccc5s4)(C3)C1)C2. The number of carbonyl (C=O) groups is 2. The maximum absolute atomic E-state index is 13.0. The quantitative estimate of drug-likeness (QED) is 0.839. The molecule has 4 saturated carbocycles. The minimum Gasteiger partial charge on any atom is -0.469 e. The van der Waals surface area contributed by atoms with Crippen LogP contribution in [0.15, 0.2) is 24.3 Å². The summed E-state index contributed by atoms with van der Waals surface area (Å²) < 4.78 is 6.17. The molecular formula is C20H22N2O3S. The van der Waals surface area contributed by atoms with Gasteiger partial charge in [0.2, 0.25) is 0 Å². The molecule has 1 heterocycles. The Morgan fingerprint density at radius 2 is 1.92 bits per heavy atom. The number of esters is 1. The first-order chi connectivity index (χ1) is 12.5. The van der Waals surface area contributed by atoms with Crippen molar-refractivity contribution in [2.45, 2.75) is 44.1 Å². The molecule has 1 aromatic heterocycles. The van der Waals surface area contributed by atoms with E-state index in [1.165, 1.54) is 24.9 Å². The third kappa shape index (κ3) is 2.38. The number of thiazole rings is 1. The van der Waals surface area contributed by atoms with Crippen LogP contribution in [0.25, 0.3) is 10.2 Å². The molecule has 0 saturated heterocycles. The summed E-state index contributed by atoms with van der Waals surface area (Å²) in [6.45, 7) is 0. The van der Waals surface area contributed by atoms with E-state index in [0.717, 1.165) is 35.9 Å². The summed E-state index contributed by atoms with van der Waals surface area (Å²) in [5.74, 6) is 0.815. The van der Waals surface area contributed by atoms with Gasteiger partial charge in [-0.3, -0.25) is 9.59 Å². The highest BCUT2D eigenvalue weighted by Crippen LogP contribution is 2.62. The van der Waals surface area contributed by atoms with E-state index in [4.69, 9.17) is 4.74 Å². The first-order valence-corrected chi connectivity index (χ1v) is 10.1. The van der Waals surface area contributed by atoms with Crippen molar-refractivity contribution in [1.29, 1.82) is 0 Å². The second-order valence-electron chi connectivity index (χ2n) is 8.45. The molecule has 2 atom stereocenters. The summed E-state index contributed by atoms with van der Waals surface area (Å²) in [5, 5.41) is 3.82. The monoisotopic (exact) mass is 370 g/mol. The predicted octanol–water partition coefficient (Wildman–Crippen LogP) is 3.54. The van der Waals surface area contributed by atoms with Gasteiger partial charge in [0.1, 0.15) is 0 Å². The van der Waals surface area contributed by atoms with Crippen molar-refractivity contribution in [3.63, 3.8) is 0 Å². The van der Waals surface area contributed by atoms with E-state index in [9.17, 15) is 9.59 Å². The largest absolute Gasteiger partial charge is 0.469 e. The van der Waals surface area contributed by atoms with E-state index in [-0.39, 0.29) is 17.4 Å². The number of methoxy groups -OCH3 is 1. The van der Waals surface area contributed by atoms with Crippen molar-refractivity contribution >= 4 is 33.4 Å². The van der Waals surface area contributed by atoms with E-state index >= 15 is 0 Å². The Bertz CT molecular complexity index is 858. The number of hydrogen-bond acceptors (Lipinski definition) is 5. The van der Waals surface area contributed by atoms with Gasteiger partial charge in [0.25, 0.3) is 5.91 Å². The highest BCUT2D eigenvalue weighted by atomic mass is 32.1. The molecule has 4 aliphatic rings. The summed E-state index contributed by atoms with van der Waals surface area (Å²) in [6.07, 6.45) is 5.65. The van der Waals surface area contributed by atoms with Gasteiger partial charge in [-0.05, 0) is 62.5 Å². The van der Waals surface area contributed by atoms with Crippen LogP contribution < -0.4 is 5.32 Å². The number of aromatic nitrogens is 1. The fourth-order valence-corrected chi connectivity index (χ4v) is 6.99. The molecule has 0 unspecified atom stereocenters. The van der Waals surface area contributed by atoms with Crippen LogP contribution in [-0.2, 0) is 9.53 Å². The number of nitrogens with zero attached hydrogens (tertiary/aromatic N) is 1. The lowest BCUT2D eigenvalue weighted by molar-refractivity contribution is -0.171. The lowest BCUT2D eigenvalue weighted by Gasteiger charge is -2.60. The van der Waals surface area contributed by atoms with Gasteiger partial charge in [-0.15, -0.1) is 11.3 Å². The molecule has 5 nitrogen and oxygen atoms in total. The number of carbonyl (C=O) groups excluding carboxylic acids is 2. The average molecular weight is 370 g/mol. The zero-order valence-corrected chi connectivity index (χ0v) is 15.6. The molecule has 4 fully saturated rings. The molecule has 1 amide bonds. The number of nitrogens with one attached hydrogen (secondary N) is 1. The normalized spacial score (nSPS) is 34.8. The van der Waals surface area contributed by atoms with E-state index in [1.54, 1.807) is 0 Å². The highest BCUT2D eigenvalue weighted by molar-refractivity contribution is 7.20. The Balaban J connectivity index is 1.44. The van der Waals surface area contributed by atoms with Crippen molar-refractivity contribution in [3.05, 3.63) is 29.3 Å². The molecule has 2 aromatic rings. The average Bonchev–Trinajstić information content (AvgIpc) is 3.04. The van der Waals surface area contributed by atoms with Crippen LogP contribution in [0, 0.1) is 17.3 Å². The van der Waals surface area contributed by atoms with Crippen LogP contribution >= 0.6 is 11.3 Å². The molecule has 4 bridgehead atoms. The summed E-state index contributed by atoms with van der Waals surface area (Å²) in [5.41, 5.74) is 0.173. The van der Waals surface area contributed by atoms with Crippen LogP contribution in [0.1, 0.15) is 48.3 Å². The molecule has 1 N–H and O–H groups in total. The Morgan fingerprint density at radius 3 is 2.62 bits per heavy atom. The molecule has 6 rings (SSSR count). The second kappa shape index (κ2) is 5.52. The summed E-state index contributed by atoms with van der Waals surface area (Å²) in [7, 11) is 1.48. The van der Waals surface area contributed by atoms with Gasteiger partial charge in [-0.25, -0.2) is 4.98 Å². The lowest BCUT2D eigenvalue weighted by Crippen LogP contribution is -2.64. The Labute approximate surface area is 156 Å².